The van der Waals surface area contributed by atoms with Gasteiger partial charge in [0.1, 0.15) is 11.3 Å². The van der Waals surface area contributed by atoms with Crippen LogP contribution in [0.25, 0.3) is 16.9 Å². The molecule has 0 aliphatic carbocycles. The lowest BCUT2D eigenvalue weighted by Crippen LogP contribution is -2.02. The van der Waals surface area contributed by atoms with Crippen molar-refractivity contribution in [3.05, 3.63) is 51.3 Å². The number of hydrogen-bond donors (Lipinski definition) is 0. The Kier molecular flexibility index (Phi) is 3.71. The molecule has 3 nitrogen and oxygen atoms in total. The lowest BCUT2D eigenvalue weighted by molar-refractivity contribution is 0.960. The van der Waals surface area contributed by atoms with E-state index in [-0.39, 0.29) is 0 Å². The van der Waals surface area contributed by atoms with Crippen LogP contribution in [0.2, 0.25) is 5.02 Å². The maximum Gasteiger partial charge on any atom is 0.164 e. The largest absolute Gasteiger partial charge is 0.279 e. The first-order chi connectivity index (χ1) is 9.61. The van der Waals surface area contributed by atoms with Crippen molar-refractivity contribution in [2.75, 3.05) is 0 Å². The Labute approximate surface area is 134 Å². The van der Waals surface area contributed by atoms with E-state index in [4.69, 9.17) is 23.2 Å². The van der Waals surface area contributed by atoms with E-state index in [1.807, 2.05) is 35.8 Å². The second-order valence-electron chi connectivity index (χ2n) is 4.38. The number of imidazole rings is 1. The Morgan fingerprint density at radius 2 is 2.15 bits per heavy atom. The molecule has 0 unspecified atom stereocenters. The first-order valence-corrected chi connectivity index (χ1v) is 7.66. The van der Waals surface area contributed by atoms with Gasteiger partial charge in [-0.2, -0.15) is 0 Å². The van der Waals surface area contributed by atoms with Crippen LogP contribution in [-0.2, 0) is 5.88 Å². The number of fused-ring (bicyclic) bond motifs is 1. The van der Waals surface area contributed by atoms with Gasteiger partial charge < -0.3 is 0 Å². The molecule has 2 heterocycles. The molecule has 3 rings (SSSR count). The quantitative estimate of drug-likeness (QED) is 0.601. The molecule has 0 aliphatic rings. The first-order valence-electron chi connectivity index (χ1n) is 5.96. The van der Waals surface area contributed by atoms with Gasteiger partial charge in [-0.3, -0.25) is 4.57 Å². The van der Waals surface area contributed by atoms with Crippen LogP contribution in [0.5, 0.6) is 0 Å². The van der Waals surface area contributed by atoms with E-state index in [1.165, 1.54) is 0 Å². The zero-order valence-corrected chi connectivity index (χ0v) is 13.7. The summed E-state index contributed by atoms with van der Waals surface area (Å²) in [6, 6.07) is 7.69. The second-order valence-corrected chi connectivity index (χ2v) is 5.97. The van der Waals surface area contributed by atoms with Crippen LogP contribution in [0.15, 0.2) is 34.9 Å². The number of pyridine rings is 1. The minimum atomic E-state index is 0.305. The van der Waals surface area contributed by atoms with E-state index in [0.717, 1.165) is 32.7 Å². The van der Waals surface area contributed by atoms with E-state index in [1.54, 1.807) is 6.20 Å². The molecule has 0 atom stereocenters. The Morgan fingerprint density at radius 3 is 2.90 bits per heavy atom. The SMILES string of the molecule is Cc1c(Cl)cccc1-n1c(CCl)nc2cc(Br)cnc21. The number of rotatable bonds is 2. The van der Waals surface area contributed by atoms with Crippen LogP contribution in [0.3, 0.4) is 0 Å². The monoisotopic (exact) mass is 369 g/mol. The number of benzene rings is 1. The minimum absolute atomic E-state index is 0.305. The van der Waals surface area contributed by atoms with Crippen LogP contribution in [0.1, 0.15) is 11.4 Å². The van der Waals surface area contributed by atoms with Crippen LogP contribution in [-0.4, -0.2) is 14.5 Å². The van der Waals surface area contributed by atoms with Crippen molar-refractivity contribution in [2.45, 2.75) is 12.8 Å². The molecule has 2 aromatic heterocycles. The molecule has 3 aromatic rings. The van der Waals surface area contributed by atoms with E-state index in [9.17, 15) is 0 Å². The summed E-state index contributed by atoms with van der Waals surface area (Å²) in [5.74, 6) is 1.05. The van der Waals surface area contributed by atoms with Crippen molar-refractivity contribution in [3.63, 3.8) is 0 Å². The van der Waals surface area contributed by atoms with E-state index in [2.05, 4.69) is 25.9 Å². The maximum absolute atomic E-state index is 6.21. The van der Waals surface area contributed by atoms with Crippen LogP contribution in [0.4, 0.5) is 0 Å². The number of nitrogens with zero attached hydrogens (tertiary/aromatic N) is 3. The lowest BCUT2D eigenvalue weighted by atomic mass is 10.2. The molecular weight excluding hydrogens is 361 g/mol. The van der Waals surface area contributed by atoms with E-state index < -0.39 is 0 Å². The Bertz CT molecular complexity index is 798. The molecule has 0 bridgehead atoms. The van der Waals surface area contributed by atoms with Gasteiger partial charge in [-0.05, 0) is 46.6 Å². The average Bonchev–Trinajstić information content (AvgIpc) is 2.79. The molecule has 0 saturated heterocycles. The molecule has 0 spiro atoms. The topological polar surface area (TPSA) is 30.7 Å². The highest BCUT2D eigenvalue weighted by Gasteiger charge is 2.15. The fraction of sp³-hybridized carbons (Fsp3) is 0.143. The van der Waals surface area contributed by atoms with Gasteiger partial charge in [0.15, 0.2) is 5.65 Å². The lowest BCUT2D eigenvalue weighted by Gasteiger charge is -2.11. The first kappa shape index (κ1) is 13.9. The number of alkyl halides is 1. The summed E-state index contributed by atoms with van der Waals surface area (Å²) in [7, 11) is 0. The highest BCUT2D eigenvalue weighted by Crippen LogP contribution is 2.28. The van der Waals surface area contributed by atoms with Crippen molar-refractivity contribution >= 4 is 50.3 Å². The van der Waals surface area contributed by atoms with E-state index >= 15 is 0 Å². The van der Waals surface area contributed by atoms with Crippen molar-refractivity contribution in [2.24, 2.45) is 0 Å². The minimum Gasteiger partial charge on any atom is -0.279 e. The third kappa shape index (κ3) is 2.22. The molecule has 102 valence electrons. The van der Waals surface area contributed by atoms with Crippen LogP contribution < -0.4 is 0 Å². The summed E-state index contributed by atoms with van der Waals surface area (Å²) in [4.78, 5) is 8.98. The number of halogens is 3. The van der Waals surface area contributed by atoms with Crippen molar-refractivity contribution < 1.29 is 0 Å². The fourth-order valence-corrected chi connectivity index (χ4v) is 2.84. The molecule has 0 radical (unpaired) electrons. The second kappa shape index (κ2) is 5.35. The summed E-state index contributed by atoms with van der Waals surface area (Å²) in [5, 5.41) is 0.710. The Hall–Kier alpha value is -1.10. The predicted molar refractivity (Wildman–Crippen MR) is 85.9 cm³/mol. The number of hydrogen-bond acceptors (Lipinski definition) is 2. The van der Waals surface area contributed by atoms with Gasteiger partial charge in [-0.1, -0.05) is 17.7 Å². The van der Waals surface area contributed by atoms with Gasteiger partial charge >= 0.3 is 0 Å². The van der Waals surface area contributed by atoms with E-state index in [0.29, 0.717) is 10.9 Å². The maximum atomic E-state index is 6.21. The molecular formula is C14H10BrCl2N3. The Balaban J connectivity index is 2.37. The predicted octanol–water partition coefficient (Wildman–Crippen LogP) is 4.88. The van der Waals surface area contributed by atoms with Gasteiger partial charge in [-0.25, -0.2) is 9.97 Å². The molecule has 0 amide bonds. The summed E-state index contributed by atoms with van der Waals surface area (Å²) < 4.78 is 2.84. The summed E-state index contributed by atoms with van der Waals surface area (Å²) in [5.41, 5.74) is 3.50. The molecule has 0 aliphatic heterocycles. The zero-order chi connectivity index (χ0) is 14.3. The highest BCUT2D eigenvalue weighted by atomic mass is 79.9. The molecule has 6 heteroatoms. The average molecular weight is 371 g/mol. The molecule has 0 fully saturated rings. The highest BCUT2D eigenvalue weighted by molar-refractivity contribution is 9.10. The Morgan fingerprint density at radius 1 is 1.35 bits per heavy atom. The number of aromatic nitrogens is 3. The summed E-state index contributed by atoms with van der Waals surface area (Å²) in [6.45, 7) is 1.97. The molecule has 1 aromatic carbocycles. The fourth-order valence-electron chi connectivity index (χ4n) is 2.17. The third-order valence-corrected chi connectivity index (χ3v) is 4.22. The standard InChI is InChI=1S/C14H10BrCl2N3/c1-8-10(17)3-2-4-12(8)20-13(6-16)19-11-5-9(15)7-18-14(11)20/h2-5,7H,6H2,1H3. The van der Waals surface area contributed by atoms with Gasteiger partial charge in [0.25, 0.3) is 0 Å². The summed E-state index contributed by atoms with van der Waals surface area (Å²) >= 11 is 15.6. The smallest absolute Gasteiger partial charge is 0.164 e. The molecule has 0 N–H and O–H groups in total. The van der Waals surface area contributed by atoms with Crippen molar-refractivity contribution in [3.8, 4) is 5.69 Å². The van der Waals surface area contributed by atoms with Gasteiger partial charge in [0, 0.05) is 15.7 Å². The van der Waals surface area contributed by atoms with Gasteiger partial charge in [0.05, 0.1) is 11.6 Å². The third-order valence-electron chi connectivity index (χ3n) is 3.13. The van der Waals surface area contributed by atoms with Crippen LogP contribution in [0, 0.1) is 6.92 Å². The van der Waals surface area contributed by atoms with Crippen molar-refractivity contribution in [1.29, 1.82) is 0 Å². The zero-order valence-electron chi connectivity index (χ0n) is 10.6. The summed E-state index contributed by atoms with van der Waals surface area (Å²) in [6.07, 6.45) is 1.75. The van der Waals surface area contributed by atoms with Crippen molar-refractivity contribution in [1.82, 2.24) is 14.5 Å². The molecule has 20 heavy (non-hydrogen) atoms. The van der Waals surface area contributed by atoms with Gasteiger partial charge in [0.2, 0.25) is 0 Å². The van der Waals surface area contributed by atoms with Gasteiger partial charge in [-0.15, -0.1) is 11.6 Å². The normalized spacial score (nSPS) is 11.2. The molecule has 0 saturated carbocycles. The van der Waals surface area contributed by atoms with Crippen LogP contribution >= 0.6 is 39.1 Å².